The highest BCUT2D eigenvalue weighted by Crippen LogP contribution is 2.34. The summed E-state index contributed by atoms with van der Waals surface area (Å²) >= 11 is 7.12. The molecule has 2 rings (SSSR count). The molecule has 4 nitrogen and oxygen atoms in total. The predicted molar refractivity (Wildman–Crippen MR) is 127 cm³/mol. The Morgan fingerprint density at radius 3 is 2.38 bits per heavy atom. The Kier molecular flexibility index (Phi) is 11.0. The van der Waals surface area contributed by atoms with Crippen LogP contribution in [0, 0.1) is 0 Å². The summed E-state index contributed by atoms with van der Waals surface area (Å²) in [5, 5.41) is 4.05. The van der Waals surface area contributed by atoms with Crippen LogP contribution in [0.4, 0.5) is 0 Å². The van der Waals surface area contributed by atoms with E-state index in [0.29, 0.717) is 13.0 Å². The normalized spacial score (nSPS) is 11.0. The van der Waals surface area contributed by atoms with Crippen molar-refractivity contribution >= 4 is 44.0 Å². The van der Waals surface area contributed by atoms with E-state index >= 15 is 0 Å². The monoisotopic (exact) mass is 522 g/mol. The number of hydrogen-bond donors (Lipinski definition) is 1. The Bertz CT molecular complexity index is 772. The number of unbranched alkanes of at least 4 members (excludes halogenated alkanes) is 5. The fourth-order valence-corrected chi connectivity index (χ4v) is 4.30. The lowest BCUT2D eigenvalue weighted by atomic mass is 10.1. The zero-order chi connectivity index (χ0) is 20.9. The van der Waals surface area contributed by atoms with Crippen molar-refractivity contribution in [3.63, 3.8) is 0 Å². The Hall–Kier alpha value is -1.66. The minimum absolute atomic E-state index is 0.149. The van der Waals surface area contributed by atoms with Crippen LogP contribution >= 0.6 is 31.9 Å². The molecule has 1 N–H and O–H groups in total. The summed E-state index contributed by atoms with van der Waals surface area (Å²) in [6, 6.07) is 13.4. The van der Waals surface area contributed by atoms with Gasteiger partial charge in [0.05, 0.1) is 28.2 Å². The summed E-state index contributed by atoms with van der Waals surface area (Å²) in [6.07, 6.45) is 9.33. The minimum atomic E-state index is -0.149. The van der Waals surface area contributed by atoms with E-state index in [0.717, 1.165) is 32.2 Å². The fourth-order valence-electron chi connectivity index (χ4n) is 2.85. The van der Waals surface area contributed by atoms with Crippen molar-refractivity contribution < 1.29 is 9.53 Å². The van der Waals surface area contributed by atoms with Crippen LogP contribution in [-0.2, 0) is 11.2 Å². The van der Waals surface area contributed by atoms with E-state index < -0.39 is 0 Å². The number of rotatable bonds is 12. The van der Waals surface area contributed by atoms with Crippen molar-refractivity contribution in [2.45, 2.75) is 51.9 Å². The molecule has 0 spiro atoms. The third kappa shape index (κ3) is 9.13. The van der Waals surface area contributed by atoms with Crippen molar-refractivity contribution in [1.29, 1.82) is 0 Å². The van der Waals surface area contributed by atoms with Crippen LogP contribution in [0.25, 0.3) is 0 Å². The molecule has 29 heavy (non-hydrogen) atoms. The lowest BCUT2D eigenvalue weighted by Crippen LogP contribution is -2.19. The van der Waals surface area contributed by atoms with Crippen molar-refractivity contribution in [2.24, 2.45) is 5.10 Å². The van der Waals surface area contributed by atoms with Gasteiger partial charge in [0.25, 0.3) is 0 Å². The van der Waals surface area contributed by atoms with E-state index in [-0.39, 0.29) is 5.91 Å². The summed E-state index contributed by atoms with van der Waals surface area (Å²) in [5.74, 6) is 0.647. The predicted octanol–water partition coefficient (Wildman–Crippen LogP) is 6.64. The summed E-state index contributed by atoms with van der Waals surface area (Å²) in [7, 11) is 0. The van der Waals surface area contributed by atoms with Crippen molar-refractivity contribution in [3.8, 4) is 5.75 Å². The second-order valence-corrected chi connectivity index (χ2v) is 8.59. The van der Waals surface area contributed by atoms with Gasteiger partial charge in [-0.25, -0.2) is 5.43 Å². The maximum absolute atomic E-state index is 12.0. The molecule has 0 saturated heterocycles. The number of halogens is 2. The van der Waals surface area contributed by atoms with E-state index in [1.165, 1.54) is 32.1 Å². The van der Waals surface area contributed by atoms with Gasteiger partial charge < -0.3 is 4.74 Å². The van der Waals surface area contributed by atoms with Crippen molar-refractivity contribution in [3.05, 3.63) is 62.5 Å². The molecule has 0 heterocycles. The number of hydrogen-bond acceptors (Lipinski definition) is 3. The van der Waals surface area contributed by atoms with Gasteiger partial charge in [-0.05, 0) is 61.5 Å². The Labute approximate surface area is 190 Å². The highest BCUT2D eigenvalue weighted by molar-refractivity contribution is 9.11. The Balaban J connectivity index is 1.80. The first-order chi connectivity index (χ1) is 14.1. The van der Waals surface area contributed by atoms with Gasteiger partial charge in [-0.3, -0.25) is 4.79 Å². The SMILES string of the molecule is CCCCCCCCOc1c(Br)cc(/C=N/NC(=O)Cc2ccccc2)cc1Br. The Morgan fingerprint density at radius 2 is 1.69 bits per heavy atom. The number of nitrogens with one attached hydrogen (secondary N) is 1. The van der Waals surface area contributed by atoms with Crippen molar-refractivity contribution in [2.75, 3.05) is 6.61 Å². The zero-order valence-corrected chi connectivity index (χ0v) is 20.0. The molecule has 0 saturated carbocycles. The molecule has 1 amide bonds. The standard InChI is InChI=1S/C23H28Br2N2O2/c1-2-3-4-5-6-10-13-29-23-20(24)14-19(15-21(23)25)17-26-27-22(28)16-18-11-8-7-9-12-18/h7-9,11-12,14-15,17H,2-6,10,13,16H2,1H3,(H,27,28)/b26-17+. The first-order valence-electron chi connectivity index (χ1n) is 10.1. The third-order valence-corrected chi connectivity index (χ3v) is 5.55. The number of amides is 1. The van der Waals surface area contributed by atoms with E-state index in [9.17, 15) is 4.79 Å². The summed E-state index contributed by atoms with van der Waals surface area (Å²) in [6.45, 7) is 2.93. The molecule has 2 aromatic rings. The summed E-state index contributed by atoms with van der Waals surface area (Å²) < 4.78 is 7.64. The molecule has 0 radical (unpaired) electrons. The van der Waals surface area contributed by atoms with Gasteiger partial charge in [0, 0.05) is 0 Å². The number of carbonyl (C=O) groups is 1. The molecule has 6 heteroatoms. The van der Waals surface area contributed by atoms with Gasteiger partial charge >= 0.3 is 0 Å². The number of benzene rings is 2. The molecule has 0 bridgehead atoms. The number of carbonyl (C=O) groups excluding carboxylic acids is 1. The van der Waals surface area contributed by atoms with Gasteiger partial charge in [-0.2, -0.15) is 5.10 Å². The largest absolute Gasteiger partial charge is 0.491 e. The minimum Gasteiger partial charge on any atom is -0.491 e. The third-order valence-electron chi connectivity index (χ3n) is 4.38. The lowest BCUT2D eigenvalue weighted by molar-refractivity contribution is -0.120. The fraction of sp³-hybridized carbons (Fsp3) is 0.391. The van der Waals surface area contributed by atoms with Crippen LogP contribution in [-0.4, -0.2) is 18.7 Å². The molecular formula is C23H28Br2N2O2. The maximum Gasteiger partial charge on any atom is 0.244 e. The van der Waals surface area contributed by atoms with Crippen LogP contribution in [0.2, 0.25) is 0 Å². The molecule has 0 unspecified atom stereocenters. The molecule has 0 atom stereocenters. The number of hydrazone groups is 1. The summed E-state index contributed by atoms with van der Waals surface area (Å²) in [5.41, 5.74) is 4.38. The lowest BCUT2D eigenvalue weighted by Gasteiger charge is -2.11. The van der Waals surface area contributed by atoms with Crippen LogP contribution in [0.1, 0.15) is 56.6 Å². The van der Waals surface area contributed by atoms with E-state index in [1.54, 1.807) is 6.21 Å². The maximum atomic E-state index is 12.0. The number of ether oxygens (including phenoxy) is 1. The molecular weight excluding hydrogens is 496 g/mol. The molecule has 0 aliphatic rings. The van der Waals surface area contributed by atoms with Crippen LogP contribution in [0.15, 0.2) is 56.5 Å². The highest BCUT2D eigenvalue weighted by atomic mass is 79.9. The molecule has 0 aliphatic heterocycles. The molecule has 0 aromatic heterocycles. The quantitative estimate of drug-likeness (QED) is 0.192. The van der Waals surface area contributed by atoms with E-state index in [4.69, 9.17) is 4.74 Å². The van der Waals surface area contributed by atoms with Crippen LogP contribution < -0.4 is 10.2 Å². The van der Waals surface area contributed by atoms with Crippen LogP contribution in [0.3, 0.4) is 0 Å². The zero-order valence-electron chi connectivity index (χ0n) is 16.8. The van der Waals surface area contributed by atoms with Gasteiger partial charge in [0.2, 0.25) is 5.91 Å². The van der Waals surface area contributed by atoms with E-state index in [2.05, 4.69) is 49.3 Å². The second kappa shape index (κ2) is 13.5. The molecule has 156 valence electrons. The summed E-state index contributed by atoms with van der Waals surface area (Å²) in [4.78, 5) is 12.0. The van der Waals surface area contributed by atoms with Gasteiger partial charge in [0.1, 0.15) is 5.75 Å². The van der Waals surface area contributed by atoms with Gasteiger partial charge in [-0.1, -0.05) is 69.4 Å². The average Bonchev–Trinajstić information content (AvgIpc) is 2.70. The molecule has 0 fully saturated rings. The first-order valence-corrected chi connectivity index (χ1v) is 11.7. The van der Waals surface area contributed by atoms with Crippen LogP contribution in [0.5, 0.6) is 5.75 Å². The van der Waals surface area contributed by atoms with E-state index in [1.807, 2.05) is 42.5 Å². The Morgan fingerprint density at radius 1 is 1.03 bits per heavy atom. The second-order valence-electron chi connectivity index (χ2n) is 6.89. The number of nitrogens with zero attached hydrogens (tertiary/aromatic N) is 1. The average molecular weight is 524 g/mol. The van der Waals surface area contributed by atoms with Gasteiger partial charge in [0.15, 0.2) is 0 Å². The van der Waals surface area contributed by atoms with Gasteiger partial charge in [-0.15, -0.1) is 0 Å². The molecule has 2 aromatic carbocycles. The molecule has 0 aliphatic carbocycles. The smallest absolute Gasteiger partial charge is 0.244 e. The topological polar surface area (TPSA) is 50.7 Å². The highest BCUT2D eigenvalue weighted by Gasteiger charge is 2.09. The first kappa shape index (κ1) is 23.6. The van der Waals surface area contributed by atoms with Crippen molar-refractivity contribution in [1.82, 2.24) is 5.43 Å².